The highest BCUT2D eigenvalue weighted by Crippen LogP contribution is 2.37. The van der Waals surface area contributed by atoms with Crippen molar-refractivity contribution in [3.05, 3.63) is 90.0 Å². The summed E-state index contributed by atoms with van der Waals surface area (Å²) in [7, 11) is 0. The second-order valence-corrected chi connectivity index (χ2v) is 9.31. The molecule has 6 nitrogen and oxygen atoms in total. The molecule has 2 aromatic heterocycles. The summed E-state index contributed by atoms with van der Waals surface area (Å²) in [6.07, 6.45) is 7.85. The Balaban J connectivity index is 1.33. The average Bonchev–Trinajstić information content (AvgIpc) is 3.37. The van der Waals surface area contributed by atoms with E-state index in [2.05, 4.69) is 53.2 Å². The Hall–Kier alpha value is -3.77. The van der Waals surface area contributed by atoms with E-state index in [0.717, 1.165) is 66.6 Å². The summed E-state index contributed by atoms with van der Waals surface area (Å²) in [5.74, 6) is 2.76. The molecule has 0 saturated carbocycles. The normalized spacial score (nSPS) is 17.5. The van der Waals surface area contributed by atoms with Crippen LogP contribution in [0.1, 0.15) is 35.6 Å². The number of piperidine rings is 1. The van der Waals surface area contributed by atoms with Crippen molar-refractivity contribution in [2.75, 3.05) is 19.9 Å². The van der Waals surface area contributed by atoms with Crippen molar-refractivity contribution in [3.63, 3.8) is 0 Å². The number of benzene rings is 2. The van der Waals surface area contributed by atoms with Crippen LogP contribution in [0.2, 0.25) is 0 Å². The minimum Gasteiger partial charge on any atom is -0.454 e. The molecule has 0 aliphatic carbocycles. The predicted octanol–water partition coefficient (Wildman–Crippen LogP) is 5.62. The van der Waals surface area contributed by atoms with Crippen LogP contribution in [-0.2, 0) is 6.54 Å². The first-order valence-corrected chi connectivity index (χ1v) is 12.2. The van der Waals surface area contributed by atoms with Gasteiger partial charge in [-0.1, -0.05) is 30.3 Å². The molecule has 0 amide bonds. The lowest BCUT2D eigenvalue weighted by Gasteiger charge is -2.33. The molecule has 4 aromatic rings. The van der Waals surface area contributed by atoms with Crippen LogP contribution >= 0.6 is 0 Å². The molecule has 0 spiro atoms. The first-order chi connectivity index (χ1) is 17.2. The van der Waals surface area contributed by atoms with Crippen LogP contribution in [0.3, 0.4) is 0 Å². The molecule has 2 aromatic carbocycles. The van der Waals surface area contributed by atoms with E-state index in [-0.39, 0.29) is 0 Å². The maximum Gasteiger partial charge on any atom is 0.231 e. The number of ether oxygens (including phenoxy) is 2. The highest BCUT2D eigenvalue weighted by Gasteiger charge is 2.27. The largest absolute Gasteiger partial charge is 0.454 e. The van der Waals surface area contributed by atoms with E-state index >= 15 is 0 Å². The molecular weight excluding hydrogens is 436 g/mol. The van der Waals surface area contributed by atoms with E-state index in [0.29, 0.717) is 12.7 Å². The second kappa shape index (κ2) is 9.47. The lowest BCUT2D eigenvalue weighted by Crippen LogP contribution is -2.34. The Morgan fingerprint density at radius 3 is 2.71 bits per heavy atom. The van der Waals surface area contributed by atoms with Crippen LogP contribution in [0, 0.1) is 6.92 Å². The number of likely N-dealkylation sites (tertiary alicyclic amines) is 1. The highest BCUT2D eigenvalue weighted by atomic mass is 16.7. The number of pyridine rings is 1. The molecule has 1 fully saturated rings. The van der Waals surface area contributed by atoms with Gasteiger partial charge in [-0.15, -0.1) is 0 Å². The topological polar surface area (TPSA) is 60.4 Å². The zero-order chi connectivity index (χ0) is 23.6. The van der Waals surface area contributed by atoms with Gasteiger partial charge in [0.1, 0.15) is 0 Å². The lowest BCUT2D eigenvalue weighted by molar-refractivity contribution is 0.173. The van der Waals surface area contributed by atoms with Gasteiger partial charge in [-0.2, -0.15) is 0 Å². The lowest BCUT2D eigenvalue weighted by atomic mass is 9.88. The summed E-state index contributed by atoms with van der Waals surface area (Å²) in [5.41, 5.74) is 6.95. The van der Waals surface area contributed by atoms with Crippen LogP contribution in [0.25, 0.3) is 22.5 Å². The van der Waals surface area contributed by atoms with Gasteiger partial charge in [0.25, 0.3) is 0 Å². The van der Waals surface area contributed by atoms with E-state index in [9.17, 15) is 0 Å². The number of aryl methyl sites for hydroxylation is 1. The quantitative estimate of drug-likeness (QED) is 0.382. The third kappa shape index (κ3) is 4.49. The van der Waals surface area contributed by atoms with Crippen molar-refractivity contribution in [1.82, 2.24) is 19.9 Å². The molecule has 6 heteroatoms. The third-order valence-corrected chi connectivity index (χ3v) is 6.93. The Morgan fingerprint density at radius 1 is 0.971 bits per heavy atom. The van der Waals surface area contributed by atoms with E-state index in [1.165, 1.54) is 16.7 Å². The Labute approximate surface area is 205 Å². The fourth-order valence-corrected chi connectivity index (χ4v) is 5.15. The first kappa shape index (κ1) is 21.7. The van der Waals surface area contributed by atoms with Gasteiger partial charge in [0.05, 0.1) is 5.69 Å². The Kier molecular flexibility index (Phi) is 5.88. The van der Waals surface area contributed by atoms with E-state index in [1.807, 2.05) is 24.4 Å². The van der Waals surface area contributed by atoms with Gasteiger partial charge in [-0.3, -0.25) is 9.88 Å². The van der Waals surface area contributed by atoms with E-state index < -0.39 is 0 Å². The molecule has 6 rings (SSSR count). The number of hydrogen-bond acceptors (Lipinski definition) is 6. The van der Waals surface area contributed by atoms with Gasteiger partial charge in [0, 0.05) is 48.7 Å². The standard InChI is InChI=1S/C29H28N4O2/c1-20-5-2-3-7-24(20)25-16-31-29(22-10-12-30-13-11-22)32-28(25)23-6-4-14-33(18-23)17-21-8-9-26-27(15-21)35-19-34-26/h2-3,5,7-13,15-16,23H,4,6,14,17-19H2,1H3. The van der Waals surface area contributed by atoms with Gasteiger partial charge in [-0.05, 0) is 67.3 Å². The summed E-state index contributed by atoms with van der Waals surface area (Å²) in [5, 5.41) is 0. The van der Waals surface area contributed by atoms with Gasteiger partial charge in [-0.25, -0.2) is 9.97 Å². The number of aromatic nitrogens is 3. The molecule has 2 aliphatic heterocycles. The van der Waals surface area contributed by atoms with Gasteiger partial charge in [0.2, 0.25) is 6.79 Å². The minimum absolute atomic E-state index is 0.305. The molecule has 0 radical (unpaired) electrons. The summed E-state index contributed by atoms with van der Waals surface area (Å²) in [6, 6.07) is 18.7. The Morgan fingerprint density at radius 2 is 1.83 bits per heavy atom. The molecule has 176 valence electrons. The molecule has 1 atom stereocenters. The average molecular weight is 465 g/mol. The summed E-state index contributed by atoms with van der Waals surface area (Å²) in [6.45, 7) is 5.38. The fourth-order valence-electron chi connectivity index (χ4n) is 5.15. The molecule has 35 heavy (non-hydrogen) atoms. The second-order valence-electron chi connectivity index (χ2n) is 9.31. The third-order valence-electron chi connectivity index (χ3n) is 6.93. The molecule has 1 unspecified atom stereocenters. The van der Waals surface area contributed by atoms with Crippen molar-refractivity contribution in [2.45, 2.75) is 32.2 Å². The Bertz CT molecular complexity index is 1340. The number of hydrogen-bond donors (Lipinski definition) is 0. The molecule has 1 saturated heterocycles. The van der Waals surface area contributed by atoms with Gasteiger partial charge < -0.3 is 9.47 Å². The first-order valence-electron chi connectivity index (χ1n) is 12.2. The van der Waals surface area contributed by atoms with Crippen molar-refractivity contribution < 1.29 is 9.47 Å². The molecule has 4 heterocycles. The van der Waals surface area contributed by atoms with Crippen molar-refractivity contribution in [3.8, 4) is 34.0 Å². The van der Waals surface area contributed by atoms with Crippen LogP contribution in [0.4, 0.5) is 0 Å². The summed E-state index contributed by atoms with van der Waals surface area (Å²) >= 11 is 0. The predicted molar refractivity (Wildman–Crippen MR) is 135 cm³/mol. The van der Waals surface area contributed by atoms with Gasteiger partial charge in [0.15, 0.2) is 17.3 Å². The summed E-state index contributed by atoms with van der Waals surface area (Å²) in [4.78, 5) is 16.6. The zero-order valence-electron chi connectivity index (χ0n) is 19.9. The highest BCUT2D eigenvalue weighted by molar-refractivity contribution is 5.70. The van der Waals surface area contributed by atoms with Crippen LogP contribution < -0.4 is 9.47 Å². The van der Waals surface area contributed by atoms with Crippen LogP contribution in [0.15, 0.2) is 73.2 Å². The van der Waals surface area contributed by atoms with E-state index in [1.54, 1.807) is 12.4 Å². The van der Waals surface area contributed by atoms with Crippen LogP contribution in [0.5, 0.6) is 11.5 Å². The SMILES string of the molecule is Cc1ccccc1-c1cnc(-c2ccncc2)nc1C1CCCN(Cc2ccc3c(c2)OCO3)C1. The van der Waals surface area contributed by atoms with Gasteiger partial charge >= 0.3 is 0 Å². The number of fused-ring (bicyclic) bond motifs is 1. The van der Waals surface area contributed by atoms with Crippen LogP contribution in [-0.4, -0.2) is 39.7 Å². The van der Waals surface area contributed by atoms with Crippen molar-refractivity contribution >= 4 is 0 Å². The maximum absolute atomic E-state index is 5.59. The molecular formula is C29H28N4O2. The molecule has 0 N–H and O–H groups in total. The smallest absolute Gasteiger partial charge is 0.231 e. The number of rotatable bonds is 5. The molecule has 2 aliphatic rings. The number of nitrogens with zero attached hydrogens (tertiary/aromatic N) is 4. The fraction of sp³-hybridized carbons (Fsp3) is 0.276. The van der Waals surface area contributed by atoms with Crippen molar-refractivity contribution in [2.24, 2.45) is 0 Å². The monoisotopic (exact) mass is 464 g/mol. The molecule has 0 bridgehead atoms. The summed E-state index contributed by atoms with van der Waals surface area (Å²) < 4.78 is 11.1. The minimum atomic E-state index is 0.305. The van der Waals surface area contributed by atoms with Crippen molar-refractivity contribution in [1.29, 1.82) is 0 Å². The maximum atomic E-state index is 5.59. The van der Waals surface area contributed by atoms with E-state index in [4.69, 9.17) is 19.4 Å². The zero-order valence-corrected chi connectivity index (χ0v) is 19.9.